The van der Waals surface area contributed by atoms with Crippen LogP contribution in [-0.2, 0) is 5.88 Å². The van der Waals surface area contributed by atoms with Gasteiger partial charge in [-0.1, -0.05) is 11.6 Å². The first kappa shape index (κ1) is 10.7. The third kappa shape index (κ3) is 2.09. The number of pyridine rings is 1. The van der Waals surface area contributed by atoms with Crippen molar-refractivity contribution in [3.8, 4) is 0 Å². The van der Waals surface area contributed by atoms with Crippen molar-refractivity contribution in [3.63, 3.8) is 0 Å². The van der Waals surface area contributed by atoms with E-state index in [1.807, 2.05) is 0 Å². The van der Waals surface area contributed by atoms with Crippen molar-refractivity contribution < 1.29 is 8.78 Å². The molecule has 0 aliphatic heterocycles. The van der Waals surface area contributed by atoms with Crippen molar-refractivity contribution in [2.75, 3.05) is 0 Å². The Hall–Kier alpha value is -0.410. The first-order valence-electron chi connectivity index (χ1n) is 3.56. The lowest BCUT2D eigenvalue weighted by atomic mass is 10.1. The third-order valence-electron chi connectivity index (χ3n) is 1.75. The Morgan fingerprint density at radius 1 is 1.54 bits per heavy atom. The SMILES string of the molecule is Cc1cnc(Cl)c(C(F)F)c1CCl. The maximum Gasteiger partial charge on any atom is 0.267 e. The molecule has 0 spiro atoms. The van der Waals surface area contributed by atoms with Gasteiger partial charge in [0.05, 0.1) is 5.56 Å². The molecule has 5 heteroatoms. The van der Waals surface area contributed by atoms with Crippen molar-refractivity contribution >= 4 is 23.2 Å². The van der Waals surface area contributed by atoms with Crippen LogP contribution < -0.4 is 0 Å². The standard InChI is InChI=1S/C8H7Cl2F2N/c1-4-3-13-7(10)6(8(11)12)5(4)2-9/h3,8H,2H2,1H3. The molecule has 1 aromatic heterocycles. The third-order valence-corrected chi connectivity index (χ3v) is 2.32. The molecule has 0 saturated carbocycles. The van der Waals surface area contributed by atoms with Crippen molar-refractivity contribution in [1.82, 2.24) is 4.98 Å². The summed E-state index contributed by atoms with van der Waals surface area (Å²) in [6.07, 6.45) is -1.19. The molecule has 0 unspecified atom stereocenters. The van der Waals surface area contributed by atoms with E-state index in [4.69, 9.17) is 23.2 Å². The van der Waals surface area contributed by atoms with Gasteiger partial charge < -0.3 is 0 Å². The van der Waals surface area contributed by atoms with E-state index in [2.05, 4.69) is 4.98 Å². The number of hydrogen-bond acceptors (Lipinski definition) is 1. The van der Waals surface area contributed by atoms with E-state index in [0.717, 1.165) is 0 Å². The molecule has 0 saturated heterocycles. The van der Waals surface area contributed by atoms with Crippen LogP contribution in [0.3, 0.4) is 0 Å². The predicted octanol–water partition coefficient (Wildman–Crippen LogP) is 3.72. The number of hydrogen-bond donors (Lipinski definition) is 0. The largest absolute Gasteiger partial charge is 0.267 e. The highest BCUT2D eigenvalue weighted by Gasteiger charge is 2.19. The first-order chi connectivity index (χ1) is 6.07. The summed E-state index contributed by atoms with van der Waals surface area (Å²) in [6, 6.07) is 0. The molecule has 1 aromatic rings. The van der Waals surface area contributed by atoms with E-state index in [1.54, 1.807) is 6.92 Å². The molecule has 0 bridgehead atoms. The van der Waals surface area contributed by atoms with E-state index < -0.39 is 6.43 Å². The van der Waals surface area contributed by atoms with Crippen LogP contribution in [0.5, 0.6) is 0 Å². The Labute approximate surface area is 84.7 Å². The molecule has 0 aliphatic rings. The number of aromatic nitrogens is 1. The van der Waals surface area contributed by atoms with E-state index in [1.165, 1.54) is 6.20 Å². The second-order valence-electron chi connectivity index (χ2n) is 2.56. The van der Waals surface area contributed by atoms with Crippen molar-refractivity contribution in [1.29, 1.82) is 0 Å². The molecule has 1 rings (SSSR count). The average molecular weight is 226 g/mol. The highest BCUT2D eigenvalue weighted by atomic mass is 35.5. The molecule has 72 valence electrons. The van der Waals surface area contributed by atoms with E-state index >= 15 is 0 Å². The van der Waals surface area contributed by atoms with Gasteiger partial charge in [0, 0.05) is 12.1 Å². The van der Waals surface area contributed by atoms with Gasteiger partial charge >= 0.3 is 0 Å². The van der Waals surface area contributed by atoms with Crippen LogP contribution in [-0.4, -0.2) is 4.98 Å². The van der Waals surface area contributed by atoms with Crippen LogP contribution in [0.25, 0.3) is 0 Å². The lowest BCUT2D eigenvalue weighted by Crippen LogP contribution is -1.99. The molecule has 0 fully saturated rings. The van der Waals surface area contributed by atoms with Gasteiger partial charge in [-0.2, -0.15) is 0 Å². The molecule has 0 atom stereocenters. The summed E-state index contributed by atoms with van der Waals surface area (Å²) in [6.45, 7) is 1.67. The van der Waals surface area contributed by atoms with Gasteiger partial charge in [-0.25, -0.2) is 13.8 Å². The Kier molecular flexibility index (Phi) is 3.45. The molecule has 0 aromatic carbocycles. The van der Waals surface area contributed by atoms with Crippen LogP contribution in [0.2, 0.25) is 5.15 Å². The van der Waals surface area contributed by atoms with Gasteiger partial charge in [0.2, 0.25) is 0 Å². The minimum absolute atomic E-state index is 0.0216. The Morgan fingerprint density at radius 3 is 2.54 bits per heavy atom. The Bertz CT molecular complexity index is 315. The van der Waals surface area contributed by atoms with Crippen LogP contribution in [0, 0.1) is 6.92 Å². The first-order valence-corrected chi connectivity index (χ1v) is 4.47. The minimum Gasteiger partial charge on any atom is -0.244 e. The van der Waals surface area contributed by atoms with Crippen LogP contribution in [0.1, 0.15) is 23.1 Å². The number of halogens is 4. The van der Waals surface area contributed by atoms with Crippen LogP contribution in [0.15, 0.2) is 6.20 Å². The molecular formula is C8H7Cl2F2N. The average Bonchev–Trinajstić information content (AvgIpc) is 2.07. The monoisotopic (exact) mass is 225 g/mol. The number of nitrogens with zero attached hydrogens (tertiary/aromatic N) is 1. The van der Waals surface area contributed by atoms with Crippen molar-refractivity contribution in [2.45, 2.75) is 19.2 Å². The minimum atomic E-state index is -2.63. The smallest absolute Gasteiger partial charge is 0.244 e. The van der Waals surface area contributed by atoms with E-state index in [0.29, 0.717) is 11.1 Å². The number of rotatable bonds is 2. The molecule has 1 heterocycles. The highest BCUT2D eigenvalue weighted by molar-refractivity contribution is 6.30. The van der Waals surface area contributed by atoms with Crippen LogP contribution in [0.4, 0.5) is 8.78 Å². The molecule has 0 aliphatic carbocycles. The predicted molar refractivity (Wildman–Crippen MR) is 48.5 cm³/mol. The van der Waals surface area contributed by atoms with Crippen molar-refractivity contribution in [2.24, 2.45) is 0 Å². The van der Waals surface area contributed by atoms with E-state index in [9.17, 15) is 8.78 Å². The molecule has 13 heavy (non-hydrogen) atoms. The van der Waals surface area contributed by atoms with Crippen LogP contribution >= 0.6 is 23.2 Å². The summed E-state index contributed by atoms with van der Waals surface area (Å²) in [7, 11) is 0. The van der Waals surface area contributed by atoms with E-state index in [-0.39, 0.29) is 16.6 Å². The zero-order valence-corrected chi connectivity index (χ0v) is 8.33. The fourth-order valence-electron chi connectivity index (χ4n) is 1.04. The topological polar surface area (TPSA) is 12.9 Å². The summed E-state index contributed by atoms with van der Waals surface area (Å²) < 4.78 is 24.9. The summed E-state index contributed by atoms with van der Waals surface area (Å²) in [5, 5.41) is -0.170. The fourth-order valence-corrected chi connectivity index (χ4v) is 1.64. The second kappa shape index (κ2) is 4.20. The van der Waals surface area contributed by atoms with Gasteiger partial charge in [0.15, 0.2) is 0 Å². The molecule has 0 N–H and O–H groups in total. The van der Waals surface area contributed by atoms with Gasteiger partial charge in [-0.3, -0.25) is 0 Å². The maximum atomic E-state index is 12.5. The lowest BCUT2D eigenvalue weighted by molar-refractivity contribution is 0.150. The highest BCUT2D eigenvalue weighted by Crippen LogP contribution is 2.31. The summed E-state index contributed by atoms with van der Waals surface area (Å²) in [5.41, 5.74) is 0.753. The lowest BCUT2D eigenvalue weighted by Gasteiger charge is -2.09. The fraction of sp³-hybridized carbons (Fsp3) is 0.375. The van der Waals surface area contributed by atoms with Gasteiger partial charge in [0.25, 0.3) is 6.43 Å². The Morgan fingerprint density at radius 2 is 2.15 bits per heavy atom. The molecule has 1 nitrogen and oxygen atoms in total. The number of alkyl halides is 3. The summed E-state index contributed by atoms with van der Waals surface area (Å²) in [5.74, 6) is 0.0216. The quantitative estimate of drug-likeness (QED) is 0.553. The summed E-state index contributed by atoms with van der Waals surface area (Å²) >= 11 is 11.1. The number of aryl methyl sites for hydroxylation is 1. The summed E-state index contributed by atoms with van der Waals surface area (Å²) in [4.78, 5) is 3.64. The van der Waals surface area contributed by atoms with Crippen molar-refractivity contribution in [3.05, 3.63) is 28.0 Å². The second-order valence-corrected chi connectivity index (χ2v) is 3.18. The normalized spacial score (nSPS) is 10.9. The Balaban J connectivity index is 3.35. The molecule has 0 radical (unpaired) electrons. The van der Waals surface area contributed by atoms with Gasteiger partial charge in [-0.15, -0.1) is 11.6 Å². The maximum absolute atomic E-state index is 12.5. The van der Waals surface area contributed by atoms with Gasteiger partial charge in [0.1, 0.15) is 5.15 Å². The zero-order valence-electron chi connectivity index (χ0n) is 6.82. The molecule has 0 amide bonds. The zero-order chi connectivity index (χ0) is 10.0. The molecular weight excluding hydrogens is 219 g/mol. The van der Waals surface area contributed by atoms with Gasteiger partial charge in [-0.05, 0) is 18.1 Å².